The normalized spacial score (nSPS) is 14.2. The third-order valence-electron chi connectivity index (χ3n) is 9.16. The van der Waals surface area contributed by atoms with Gasteiger partial charge in [0, 0.05) is 71.9 Å². The SMILES string of the molecule is CC(C)CCC(=O)N1Cc2cc(Br)cc(c2)CN(C(=O)CCC(C)C)Cc2cc(Br)cc(c2)CN(C(=O)CCC(C)C)Cc2cc(Br)cc(c2)C1. The van der Waals surface area contributed by atoms with E-state index in [4.69, 9.17) is 0 Å². The van der Waals surface area contributed by atoms with E-state index in [1.807, 2.05) is 14.7 Å². The van der Waals surface area contributed by atoms with Gasteiger partial charge in [-0.05, 0) is 107 Å². The number of hydrogen-bond acceptors (Lipinski definition) is 3. The molecule has 0 saturated carbocycles. The minimum atomic E-state index is 0.112. The zero-order valence-electron chi connectivity index (χ0n) is 31.1. The number of amides is 3. The Hall–Kier alpha value is -2.49. The minimum absolute atomic E-state index is 0.112. The van der Waals surface area contributed by atoms with E-state index >= 15 is 0 Å². The Labute approximate surface area is 331 Å². The molecule has 51 heavy (non-hydrogen) atoms. The second kappa shape index (κ2) is 19.5. The number of carbonyl (C=O) groups is 3. The average Bonchev–Trinajstić information content (AvgIpc) is 3.02. The molecule has 0 aliphatic carbocycles. The van der Waals surface area contributed by atoms with Gasteiger partial charge in [-0.2, -0.15) is 0 Å². The Morgan fingerprint density at radius 3 is 0.804 bits per heavy atom. The highest BCUT2D eigenvalue weighted by Gasteiger charge is 2.22. The summed E-state index contributed by atoms with van der Waals surface area (Å²) < 4.78 is 2.76. The van der Waals surface area contributed by atoms with Gasteiger partial charge in [0.25, 0.3) is 0 Å². The monoisotopic (exact) mass is 885 g/mol. The quantitative estimate of drug-likeness (QED) is 0.215. The molecule has 1 aliphatic rings. The molecule has 0 unspecified atom stereocenters. The lowest BCUT2D eigenvalue weighted by Crippen LogP contribution is -2.32. The van der Waals surface area contributed by atoms with E-state index in [1.54, 1.807) is 0 Å². The summed E-state index contributed by atoms with van der Waals surface area (Å²) in [6, 6.07) is 18.8. The van der Waals surface area contributed by atoms with Crippen LogP contribution >= 0.6 is 47.8 Å². The Morgan fingerprint density at radius 2 is 0.627 bits per heavy atom. The molecule has 276 valence electrons. The molecular formula is C42H54Br3N3O3. The Kier molecular flexibility index (Phi) is 15.8. The molecular weight excluding hydrogens is 834 g/mol. The molecule has 6 nitrogen and oxygen atoms in total. The van der Waals surface area contributed by atoms with E-state index in [2.05, 4.69) is 144 Å². The topological polar surface area (TPSA) is 60.9 Å². The van der Waals surface area contributed by atoms with Crippen LogP contribution in [-0.2, 0) is 53.7 Å². The largest absolute Gasteiger partial charge is 0.334 e. The summed E-state index contributed by atoms with van der Waals surface area (Å²) >= 11 is 11.2. The van der Waals surface area contributed by atoms with Crippen molar-refractivity contribution in [1.29, 1.82) is 0 Å². The molecule has 0 radical (unpaired) electrons. The fraction of sp³-hybridized carbons (Fsp3) is 0.500. The molecule has 0 fully saturated rings. The fourth-order valence-corrected chi connectivity index (χ4v) is 8.19. The second-order valence-corrected chi connectivity index (χ2v) is 18.2. The van der Waals surface area contributed by atoms with E-state index < -0.39 is 0 Å². The summed E-state index contributed by atoms with van der Waals surface area (Å²) in [5.41, 5.74) is 6.05. The van der Waals surface area contributed by atoms with Gasteiger partial charge >= 0.3 is 0 Å². The lowest BCUT2D eigenvalue weighted by Gasteiger charge is -2.28. The van der Waals surface area contributed by atoms with Crippen molar-refractivity contribution < 1.29 is 14.4 Å². The summed E-state index contributed by atoms with van der Waals surface area (Å²) in [6.07, 6.45) is 3.88. The maximum Gasteiger partial charge on any atom is 0.223 e. The van der Waals surface area contributed by atoms with Crippen LogP contribution in [0.2, 0.25) is 0 Å². The average molecular weight is 889 g/mol. The van der Waals surface area contributed by atoms with Crippen molar-refractivity contribution in [2.45, 2.75) is 119 Å². The van der Waals surface area contributed by atoms with Crippen molar-refractivity contribution in [1.82, 2.24) is 14.7 Å². The summed E-state index contributed by atoms with van der Waals surface area (Å²) in [7, 11) is 0. The van der Waals surface area contributed by atoms with Crippen LogP contribution in [0.25, 0.3) is 0 Å². The first-order valence-electron chi connectivity index (χ1n) is 18.3. The lowest BCUT2D eigenvalue weighted by atomic mass is 10.0. The highest BCUT2D eigenvalue weighted by atomic mass is 79.9. The molecule has 0 N–H and O–H groups in total. The van der Waals surface area contributed by atoms with Crippen molar-refractivity contribution >= 4 is 65.5 Å². The molecule has 1 heterocycles. The first-order valence-corrected chi connectivity index (χ1v) is 20.7. The van der Waals surface area contributed by atoms with Gasteiger partial charge < -0.3 is 14.7 Å². The molecule has 0 aromatic heterocycles. The Bertz CT molecular complexity index is 1410. The Balaban J connectivity index is 1.83. The first kappa shape index (κ1) is 41.3. The van der Waals surface area contributed by atoms with Crippen molar-refractivity contribution in [3.8, 4) is 0 Å². The van der Waals surface area contributed by atoms with E-state index in [0.29, 0.717) is 76.3 Å². The number of fused-ring (bicyclic) bond motifs is 6. The van der Waals surface area contributed by atoms with Gasteiger partial charge in [-0.3, -0.25) is 14.4 Å². The summed E-state index contributed by atoms with van der Waals surface area (Å²) in [5, 5.41) is 0. The molecule has 0 atom stereocenters. The van der Waals surface area contributed by atoms with Gasteiger partial charge in [0.1, 0.15) is 0 Å². The van der Waals surface area contributed by atoms with Gasteiger partial charge in [0.2, 0.25) is 17.7 Å². The molecule has 3 aromatic carbocycles. The molecule has 3 amide bonds. The van der Waals surface area contributed by atoms with Gasteiger partial charge in [0.05, 0.1) is 0 Å². The maximum absolute atomic E-state index is 13.8. The fourth-order valence-electron chi connectivity index (χ4n) is 6.43. The number of benzene rings is 3. The van der Waals surface area contributed by atoms with Gasteiger partial charge in [-0.25, -0.2) is 0 Å². The van der Waals surface area contributed by atoms with Crippen LogP contribution in [0.5, 0.6) is 0 Å². The van der Waals surface area contributed by atoms with E-state index in [0.717, 1.165) is 66.1 Å². The third-order valence-corrected chi connectivity index (χ3v) is 10.5. The number of nitrogens with zero attached hydrogens (tertiary/aromatic N) is 3. The number of rotatable bonds is 9. The second-order valence-electron chi connectivity index (χ2n) is 15.5. The highest BCUT2D eigenvalue weighted by molar-refractivity contribution is 9.11. The number of halogens is 3. The Morgan fingerprint density at radius 1 is 0.431 bits per heavy atom. The van der Waals surface area contributed by atoms with Crippen LogP contribution in [0.1, 0.15) is 113 Å². The number of hydrogen-bond donors (Lipinski definition) is 0. The highest BCUT2D eigenvalue weighted by Crippen LogP contribution is 2.27. The molecule has 9 heteroatoms. The van der Waals surface area contributed by atoms with Crippen molar-refractivity contribution in [3.63, 3.8) is 0 Å². The molecule has 0 saturated heterocycles. The predicted octanol–water partition coefficient (Wildman–Crippen LogP) is 11.2. The summed E-state index contributed by atoms with van der Waals surface area (Å²) in [6.45, 7) is 15.5. The van der Waals surface area contributed by atoms with Crippen LogP contribution in [-0.4, -0.2) is 32.4 Å². The van der Waals surface area contributed by atoms with E-state index in [9.17, 15) is 14.4 Å². The van der Waals surface area contributed by atoms with Crippen molar-refractivity contribution in [3.05, 3.63) is 101 Å². The molecule has 1 aliphatic heterocycles. The van der Waals surface area contributed by atoms with Gasteiger partial charge in [0.15, 0.2) is 0 Å². The van der Waals surface area contributed by atoms with Crippen LogP contribution in [0.3, 0.4) is 0 Å². The number of carbonyl (C=O) groups excluding carboxylic acids is 3. The van der Waals surface area contributed by atoms with Gasteiger partial charge in [-0.1, -0.05) is 108 Å². The predicted molar refractivity (Wildman–Crippen MR) is 217 cm³/mol. The van der Waals surface area contributed by atoms with Crippen LogP contribution < -0.4 is 0 Å². The standard InChI is InChI=1S/C42H54Br3N3O3/c1-28(2)7-10-40(49)46-22-31-13-33(18-37(43)16-31)24-47(41(50)11-8-29(3)4)26-35-15-36(21-39(45)20-35)27-48(42(51)12-9-30(5)6)25-34-14-32(23-46)17-38(44)19-34/h13-21,28-30H,7-12,22-27H2,1-6H3. The van der Waals surface area contributed by atoms with E-state index in [1.165, 1.54) is 0 Å². The maximum atomic E-state index is 13.8. The molecule has 6 bridgehead atoms. The van der Waals surface area contributed by atoms with Crippen LogP contribution in [0.4, 0.5) is 0 Å². The third kappa shape index (κ3) is 13.8. The van der Waals surface area contributed by atoms with Crippen molar-refractivity contribution in [2.75, 3.05) is 0 Å². The molecule has 4 rings (SSSR count). The van der Waals surface area contributed by atoms with Crippen LogP contribution in [0.15, 0.2) is 68.0 Å². The van der Waals surface area contributed by atoms with Crippen LogP contribution in [0, 0.1) is 17.8 Å². The first-order chi connectivity index (χ1) is 24.1. The smallest absolute Gasteiger partial charge is 0.223 e. The molecule has 3 aromatic rings. The molecule has 0 spiro atoms. The minimum Gasteiger partial charge on any atom is -0.334 e. The summed E-state index contributed by atoms with van der Waals surface area (Å²) in [4.78, 5) is 47.3. The van der Waals surface area contributed by atoms with Gasteiger partial charge in [-0.15, -0.1) is 0 Å². The zero-order chi connectivity index (χ0) is 37.2. The van der Waals surface area contributed by atoms with Crippen molar-refractivity contribution in [2.24, 2.45) is 17.8 Å². The summed E-state index contributed by atoms with van der Waals surface area (Å²) in [5.74, 6) is 1.59. The van der Waals surface area contributed by atoms with E-state index in [-0.39, 0.29) is 17.7 Å². The zero-order valence-corrected chi connectivity index (χ0v) is 35.9. The lowest BCUT2D eigenvalue weighted by molar-refractivity contribution is -0.133.